The maximum Gasteiger partial charge on any atom is 0.154 e. The fourth-order valence-electron chi connectivity index (χ4n) is 2.48. The Morgan fingerprint density at radius 1 is 1.14 bits per heavy atom. The van der Waals surface area contributed by atoms with Gasteiger partial charge >= 0.3 is 0 Å². The van der Waals surface area contributed by atoms with Gasteiger partial charge in [0.25, 0.3) is 0 Å². The van der Waals surface area contributed by atoms with Crippen LogP contribution < -0.4 is 0 Å². The summed E-state index contributed by atoms with van der Waals surface area (Å²) in [7, 11) is 0. The lowest BCUT2D eigenvalue weighted by atomic mass is 9.93. The van der Waals surface area contributed by atoms with E-state index in [2.05, 4.69) is 15.9 Å². The molecule has 2 aromatic rings. The average Bonchev–Trinajstić information content (AvgIpc) is 2.58. The molecule has 1 aliphatic rings. The molecule has 106 valence electrons. The minimum atomic E-state index is -0.432. The molecule has 3 rings (SSSR count). The van der Waals surface area contributed by atoms with Crippen LogP contribution in [-0.4, -0.2) is 10.6 Å². The van der Waals surface area contributed by atoms with Gasteiger partial charge in [-0.3, -0.25) is 4.79 Å². The number of benzene rings is 2. The fraction of sp³-hybridized carbons (Fsp3) is 0.118. The third kappa shape index (κ3) is 2.81. The normalized spacial score (nSPS) is 18.0. The second-order valence-corrected chi connectivity index (χ2v) is 6.33. The Kier molecular flexibility index (Phi) is 3.96. The van der Waals surface area contributed by atoms with Crippen LogP contribution in [0.5, 0.6) is 0 Å². The van der Waals surface area contributed by atoms with E-state index in [1.807, 2.05) is 6.07 Å². The van der Waals surface area contributed by atoms with Crippen LogP contribution in [0.25, 0.3) is 5.57 Å². The second-order valence-electron chi connectivity index (χ2n) is 4.91. The monoisotopic (exact) mass is 364 g/mol. The average molecular weight is 366 g/mol. The van der Waals surface area contributed by atoms with Gasteiger partial charge in [0.1, 0.15) is 5.82 Å². The first-order valence-electron chi connectivity index (χ1n) is 6.48. The molecule has 0 spiro atoms. The molecule has 0 heterocycles. The van der Waals surface area contributed by atoms with E-state index in [9.17, 15) is 9.18 Å². The topological polar surface area (TPSA) is 17.1 Å². The number of halogens is 3. The van der Waals surface area contributed by atoms with Gasteiger partial charge in [-0.2, -0.15) is 0 Å². The van der Waals surface area contributed by atoms with Crippen LogP contribution in [0.3, 0.4) is 0 Å². The van der Waals surface area contributed by atoms with Gasteiger partial charge < -0.3 is 0 Å². The van der Waals surface area contributed by atoms with Gasteiger partial charge in [-0.05, 0) is 34.9 Å². The third-order valence-corrected chi connectivity index (χ3v) is 4.52. The number of allylic oxidation sites excluding steroid dienone is 1. The van der Waals surface area contributed by atoms with Crippen molar-refractivity contribution in [2.45, 2.75) is 11.2 Å². The van der Waals surface area contributed by atoms with Crippen LogP contribution in [0.15, 0.2) is 48.5 Å². The first kappa shape index (κ1) is 14.5. The Balaban J connectivity index is 2.27. The molecule has 0 fully saturated rings. The summed E-state index contributed by atoms with van der Waals surface area (Å²) in [5.41, 5.74) is 2.84. The lowest BCUT2D eigenvalue weighted by Crippen LogP contribution is -2.12. The molecule has 1 nitrogen and oxygen atoms in total. The molecule has 1 aliphatic carbocycles. The first-order valence-corrected chi connectivity index (χ1v) is 7.78. The molecule has 0 aliphatic heterocycles. The van der Waals surface area contributed by atoms with E-state index in [4.69, 9.17) is 11.6 Å². The van der Waals surface area contributed by atoms with Gasteiger partial charge in [-0.25, -0.2) is 4.39 Å². The Bertz CT molecular complexity index is 754. The van der Waals surface area contributed by atoms with E-state index in [0.29, 0.717) is 22.6 Å². The summed E-state index contributed by atoms with van der Waals surface area (Å²) in [6.07, 6.45) is 2.06. The van der Waals surface area contributed by atoms with Crippen LogP contribution in [0.1, 0.15) is 16.7 Å². The van der Waals surface area contributed by atoms with Crippen molar-refractivity contribution < 1.29 is 9.18 Å². The summed E-state index contributed by atoms with van der Waals surface area (Å²) in [5.74, 6) is -0.270. The zero-order valence-electron chi connectivity index (χ0n) is 10.9. The predicted octanol–water partition coefficient (Wildman–Crippen LogP) is 4.80. The minimum Gasteiger partial charge on any atom is -0.298 e. The molecule has 4 heteroatoms. The lowest BCUT2D eigenvalue weighted by Gasteiger charge is -2.12. The molecular weight excluding hydrogens is 355 g/mol. The molecule has 0 bridgehead atoms. The molecule has 0 saturated heterocycles. The number of carbonyl (C=O) groups is 1. The van der Waals surface area contributed by atoms with Gasteiger partial charge in [0, 0.05) is 17.0 Å². The van der Waals surface area contributed by atoms with E-state index in [0.717, 1.165) is 11.1 Å². The van der Waals surface area contributed by atoms with Crippen LogP contribution >= 0.6 is 27.5 Å². The molecule has 21 heavy (non-hydrogen) atoms. The lowest BCUT2D eigenvalue weighted by molar-refractivity contribution is -0.117. The zero-order valence-corrected chi connectivity index (χ0v) is 13.3. The molecule has 2 aromatic carbocycles. The number of alkyl halides is 1. The van der Waals surface area contributed by atoms with Gasteiger partial charge in [0.15, 0.2) is 5.78 Å². The molecular formula is C17H11BrClFO. The summed E-state index contributed by atoms with van der Waals surface area (Å²) in [6, 6.07) is 11.9. The number of hydrogen-bond donors (Lipinski definition) is 0. The minimum absolute atomic E-state index is 0.0462. The highest BCUT2D eigenvalue weighted by atomic mass is 79.9. The van der Waals surface area contributed by atoms with Gasteiger partial charge in [-0.1, -0.05) is 57.9 Å². The largest absolute Gasteiger partial charge is 0.298 e. The number of carbonyl (C=O) groups excluding carboxylic acids is 1. The van der Waals surface area contributed by atoms with Crippen molar-refractivity contribution in [1.82, 2.24) is 0 Å². The van der Waals surface area contributed by atoms with Crippen molar-refractivity contribution in [1.29, 1.82) is 0 Å². The summed E-state index contributed by atoms with van der Waals surface area (Å²) in [4.78, 5) is 11.7. The number of fused-ring (bicyclic) bond motifs is 1. The molecule has 0 saturated carbocycles. The number of rotatable bonds is 1. The Hall–Kier alpha value is -1.45. The Labute approximate surface area is 135 Å². The smallest absolute Gasteiger partial charge is 0.154 e. The van der Waals surface area contributed by atoms with Gasteiger partial charge in [-0.15, -0.1) is 0 Å². The third-order valence-electron chi connectivity index (χ3n) is 3.51. The number of hydrogen-bond acceptors (Lipinski definition) is 1. The molecule has 0 aromatic heterocycles. The predicted molar refractivity (Wildman–Crippen MR) is 86.4 cm³/mol. The van der Waals surface area contributed by atoms with Gasteiger partial charge in [0.05, 0.1) is 4.83 Å². The fourth-order valence-corrected chi connectivity index (χ4v) is 3.08. The second kappa shape index (κ2) is 5.74. The van der Waals surface area contributed by atoms with Crippen molar-refractivity contribution in [2.24, 2.45) is 0 Å². The van der Waals surface area contributed by atoms with Crippen molar-refractivity contribution in [3.63, 3.8) is 0 Å². The Morgan fingerprint density at radius 3 is 2.67 bits per heavy atom. The summed E-state index contributed by atoms with van der Waals surface area (Å²) in [6.45, 7) is 0. The van der Waals surface area contributed by atoms with Crippen LogP contribution in [0, 0.1) is 5.82 Å². The molecule has 0 N–H and O–H groups in total. The van der Waals surface area contributed by atoms with E-state index >= 15 is 0 Å². The highest BCUT2D eigenvalue weighted by Crippen LogP contribution is 2.34. The van der Waals surface area contributed by atoms with E-state index in [1.165, 1.54) is 6.07 Å². The SMILES string of the molecule is O=C1Cc2ccc(Cl)cc2C(c2ccccc2F)=CC1Br. The highest BCUT2D eigenvalue weighted by Gasteiger charge is 2.24. The molecule has 1 unspecified atom stereocenters. The van der Waals surface area contributed by atoms with Crippen LogP contribution in [-0.2, 0) is 11.2 Å². The van der Waals surface area contributed by atoms with Crippen molar-refractivity contribution in [3.8, 4) is 0 Å². The number of Topliss-reactive ketones (excluding diaryl/α,β-unsaturated/α-hetero) is 1. The zero-order chi connectivity index (χ0) is 15.0. The maximum atomic E-state index is 14.2. The first-order chi connectivity index (χ1) is 10.1. The molecule has 0 amide bonds. The maximum absolute atomic E-state index is 14.2. The van der Waals surface area contributed by atoms with Crippen molar-refractivity contribution >= 4 is 38.9 Å². The van der Waals surface area contributed by atoms with Crippen molar-refractivity contribution in [3.05, 3.63) is 76.1 Å². The highest BCUT2D eigenvalue weighted by molar-refractivity contribution is 9.10. The van der Waals surface area contributed by atoms with Gasteiger partial charge in [0.2, 0.25) is 0 Å². The summed E-state index contributed by atoms with van der Waals surface area (Å²) in [5, 5.41) is 0.566. The number of ketones is 1. The standard InChI is InChI=1S/C17H11BrClFO/c18-15-9-14(12-3-1-2-4-16(12)20)13-8-11(19)6-5-10(13)7-17(15)21/h1-6,8-9,15H,7H2. The van der Waals surface area contributed by atoms with Crippen molar-refractivity contribution in [2.75, 3.05) is 0 Å². The Morgan fingerprint density at radius 2 is 1.90 bits per heavy atom. The van der Waals surface area contributed by atoms with E-state index < -0.39 is 4.83 Å². The van der Waals surface area contributed by atoms with E-state index in [-0.39, 0.29) is 11.6 Å². The van der Waals surface area contributed by atoms with Crippen LogP contribution in [0.2, 0.25) is 5.02 Å². The molecule has 0 radical (unpaired) electrons. The van der Waals surface area contributed by atoms with Crippen LogP contribution in [0.4, 0.5) is 4.39 Å². The van der Waals surface area contributed by atoms with E-state index in [1.54, 1.807) is 36.4 Å². The summed E-state index contributed by atoms with van der Waals surface area (Å²) < 4.78 is 14.2. The molecule has 1 atom stereocenters. The summed E-state index contributed by atoms with van der Waals surface area (Å²) >= 11 is 9.44. The quantitative estimate of drug-likeness (QED) is 0.664.